The van der Waals surface area contributed by atoms with Gasteiger partial charge in [-0.2, -0.15) is 9.46 Å². The number of amides is 1. The number of benzene rings is 1. The van der Waals surface area contributed by atoms with E-state index in [2.05, 4.69) is 24.4 Å². The quantitative estimate of drug-likeness (QED) is 0.328. The summed E-state index contributed by atoms with van der Waals surface area (Å²) in [5.41, 5.74) is 5.60. The lowest BCUT2D eigenvalue weighted by Gasteiger charge is -2.11. The van der Waals surface area contributed by atoms with Crippen LogP contribution >= 0.6 is 0 Å². The number of hydrogen-bond acceptors (Lipinski definition) is 7. The molecular weight excluding hydrogens is 488 g/mol. The summed E-state index contributed by atoms with van der Waals surface area (Å²) < 4.78 is 23.7. The predicted octanol–water partition coefficient (Wildman–Crippen LogP) is 4.54. The molecule has 10 heteroatoms. The molecule has 186 valence electrons. The minimum atomic E-state index is -2.64. The summed E-state index contributed by atoms with van der Waals surface area (Å²) in [4.78, 5) is 25.7. The normalized spacial score (nSPS) is 11.4. The lowest BCUT2D eigenvalue weighted by molar-refractivity contribution is 0.100. The highest BCUT2D eigenvalue weighted by atomic mass is 32.2. The topological polar surface area (TPSA) is 112 Å². The van der Waals surface area contributed by atoms with E-state index in [1.165, 1.54) is 12.5 Å². The standard InChI is InChI=1S/C27H24N6O3S/c1-33-16-22(18-10-13-28-14-11-18)26(31-33)19-6-8-20(9-7-19)36-17-25-21(27(34)32-37(2,3)35)15-24-23(30-25)5-4-12-29-24/h4-16H,17H2,1-3H3. The fraction of sp³-hybridized carbons (Fsp3) is 0.148. The minimum absolute atomic E-state index is 0.0290. The zero-order chi connectivity index (χ0) is 26.0. The maximum absolute atomic E-state index is 12.8. The van der Waals surface area contributed by atoms with Gasteiger partial charge in [0.05, 0.1) is 22.3 Å². The fourth-order valence-corrected chi connectivity index (χ4v) is 4.39. The summed E-state index contributed by atoms with van der Waals surface area (Å²) in [6.07, 6.45) is 9.94. The second-order valence-electron chi connectivity index (χ2n) is 8.72. The van der Waals surface area contributed by atoms with Crippen molar-refractivity contribution in [3.05, 3.63) is 90.6 Å². The fourth-order valence-electron chi connectivity index (χ4n) is 3.89. The van der Waals surface area contributed by atoms with Crippen molar-refractivity contribution in [3.63, 3.8) is 0 Å². The van der Waals surface area contributed by atoms with Gasteiger partial charge in [-0.25, -0.2) is 9.19 Å². The van der Waals surface area contributed by atoms with Crippen molar-refractivity contribution in [3.8, 4) is 28.1 Å². The second-order valence-corrected chi connectivity index (χ2v) is 11.3. The van der Waals surface area contributed by atoms with Gasteiger partial charge in [0.25, 0.3) is 5.91 Å². The molecule has 4 aromatic heterocycles. The summed E-state index contributed by atoms with van der Waals surface area (Å²) in [6.45, 7) is 0.0290. The number of fused-ring (bicyclic) bond motifs is 1. The van der Waals surface area contributed by atoms with Gasteiger partial charge in [0.2, 0.25) is 0 Å². The summed E-state index contributed by atoms with van der Waals surface area (Å²) in [7, 11) is -0.749. The van der Waals surface area contributed by atoms with Gasteiger partial charge in [-0.1, -0.05) is 0 Å². The van der Waals surface area contributed by atoms with E-state index in [0.29, 0.717) is 22.5 Å². The van der Waals surface area contributed by atoms with Crippen molar-refractivity contribution in [2.24, 2.45) is 11.4 Å². The van der Waals surface area contributed by atoms with Crippen LogP contribution in [-0.2, 0) is 23.4 Å². The molecule has 0 atom stereocenters. The number of hydrogen-bond donors (Lipinski definition) is 0. The van der Waals surface area contributed by atoms with Crippen molar-refractivity contribution in [2.75, 3.05) is 12.5 Å². The van der Waals surface area contributed by atoms with E-state index in [4.69, 9.17) is 4.74 Å². The summed E-state index contributed by atoms with van der Waals surface area (Å²) in [6, 6.07) is 16.7. The molecule has 0 fully saturated rings. The molecule has 0 spiro atoms. The third-order valence-corrected chi connectivity index (χ3v) is 6.13. The number of aromatic nitrogens is 5. The van der Waals surface area contributed by atoms with Crippen molar-refractivity contribution in [1.29, 1.82) is 0 Å². The van der Waals surface area contributed by atoms with E-state index in [-0.39, 0.29) is 12.2 Å². The number of pyridine rings is 3. The lowest BCUT2D eigenvalue weighted by atomic mass is 10.0. The Bertz CT molecular complexity index is 1710. The lowest BCUT2D eigenvalue weighted by Crippen LogP contribution is -2.10. The molecule has 37 heavy (non-hydrogen) atoms. The minimum Gasteiger partial charge on any atom is -0.487 e. The molecule has 0 radical (unpaired) electrons. The van der Waals surface area contributed by atoms with Gasteiger partial charge in [-0.15, -0.1) is 0 Å². The van der Waals surface area contributed by atoms with Gasteiger partial charge in [0.15, 0.2) is 0 Å². The Hall–Kier alpha value is -4.44. The first-order valence-corrected chi connectivity index (χ1v) is 13.7. The zero-order valence-electron chi connectivity index (χ0n) is 20.5. The van der Waals surface area contributed by atoms with Gasteiger partial charge >= 0.3 is 0 Å². The van der Waals surface area contributed by atoms with Gasteiger partial charge in [-0.05, 0) is 60.2 Å². The Morgan fingerprint density at radius 2 is 1.76 bits per heavy atom. The second kappa shape index (κ2) is 9.90. The molecule has 0 saturated carbocycles. The van der Waals surface area contributed by atoms with Gasteiger partial charge in [0, 0.05) is 65.2 Å². The molecule has 0 saturated heterocycles. The maximum atomic E-state index is 12.8. The van der Waals surface area contributed by atoms with E-state index < -0.39 is 15.6 Å². The summed E-state index contributed by atoms with van der Waals surface area (Å²) in [5.74, 6) is -0.00821. The number of ether oxygens (including phenoxy) is 1. The number of aryl methyl sites for hydroxylation is 1. The van der Waals surface area contributed by atoms with Crippen LogP contribution in [0.25, 0.3) is 33.4 Å². The Kier molecular flexibility index (Phi) is 6.49. The van der Waals surface area contributed by atoms with Gasteiger partial charge in [0.1, 0.15) is 18.1 Å². The van der Waals surface area contributed by atoms with Crippen LogP contribution in [0.1, 0.15) is 16.1 Å². The Balaban J connectivity index is 1.42. The van der Waals surface area contributed by atoms with E-state index in [1.807, 2.05) is 55.7 Å². The third-order valence-electron chi connectivity index (χ3n) is 5.52. The zero-order valence-corrected chi connectivity index (χ0v) is 21.3. The van der Waals surface area contributed by atoms with Crippen LogP contribution < -0.4 is 4.74 Å². The third kappa shape index (κ3) is 5.54. The van der Waals surface area contributed by atoms with Crippen molar-refractivity contribution in [2.45, 2.75) is 6.61 Å². The first kappa shape index (κ1) is 24.3. The molecular formula is C27H24N6O3S. The molecule has 0 aliphatic carbocycles. The summed E-state index contributed by atoms with van der Waals surface area (Å²) >= 11 is 0. The van der Waals surface area contributed by atoms with Crippen molar-refractivity contribution in [1.82, 2.24) is 24.7 Å². The molecule has 1 amide bonds. The van der Waals surface area contributed by atoms with E-state index in [9.17, 15) is 9.00 Å². The molecule has 1 aromatic carbocycles. The first-order valence-electron chi connectivity index (χ1n) is 11.4. The van der Waals surface area contributed by atoms with Crippen LogP contribution in [0.5, 0.6) is 5.75 Å². The highest BCUT2D eigenvalue weighted by molar-refractivity contribution is 7.92. The molecule has 0 aliphatic rings. The van der Waals surface area contributed by atoms with Gasteiger partial charge < -0.3 is 4.74 Å². The molecule has 4 heterocycles. The first-order chi connectivity index (χ1) is 17.8. The average molecular weight is 513 g/mol. The number of carbonyl (C=O) groups excluding carboxylic acids is 1. The van der Waals surface area contributed by atoms with E-state index >= 15 is 0 Å². The Morgan fingerprint density at radius 3 is 2.49 bits per heavy atom. The number of nitrogens with zero attached hydrogens (tertiary/aromatic N) is 6. The molecule has 0 aliphatic heterocycles. The molecule has 0 bridgehead atoms. The molecule has 5 rings (SSSR count). The largest absolute Gasteiger partial charge is 0.487 e. The van der Waals surface area contributed by atoms with E-state index in [0.717, 1.165) is 22.4 Å². The summed E-state index contributed by atoms with van der Waals surface area (Å²) in [5, 5.41) is 4.64. The maximum Gasteiger partial charge on any atom is 0.287 e. The average Bonchev–Trinajstić information content (AvgIpc) is 3.28. The van der Waals surface area contributed by atoms with Crippen molar-refractivity contribution < 1.29 is 13.7 Å². The van der Waals surface area contributed by atoms with Crippen LogP contribution in [0.15, 0.2) is 83.7 Å². The molecule has 5 aromatic rings. The highest BCUT2D eigenvalue weighted by Gasteiger charge is 2.17. The highest BCUT2D eigenvalue weighted by Crippen LogP contribution is 2.31. The molecule has 0 unspecified atom stereocenters. The molecule has 9 nitrogen and oxygen atoms in total. The van der Waals surface area contributed by atoms with Crippen LogP contribution in [0.2, 0.25) is 0 Å². The Labute approximate surface area is 214 Å². The van der Waals surface area contributed by atoms with Crippen LogP contribution in [-0.4, -0.2) is 47.4 Å². The molecule has 0 N–H and O–H groups in total. The predicted molar refractivity (Wildman–Crippen MR) is 142 cm³/mol. The SMILES string of the molecule is Cn1cc(-c2ccncc2)c(-c2ccc(OCc3nc4cccnc4cc3C(=O)N=S(C)(C)=O)cc2)n1. The van der Waals surface area contributed by atoms with Gasteiger partial charge in [-0.3, -0.25) is 19.4 Å². The van der Waals surface area contributed by atoms with E-state index in [1.54, 1.807) is 35.4 Å². The number of carbonyl (C=O) groups is 1. The number of rotatable bonds is 6. The smallest absolute Gasteiger partial charge is 0.287 e. The van der Waals surface area contributed by atoms with Crippen LogP contribution in [0.3, 0.4) is 0 Å². The van der Waals surface area contributed by atoms with Crippen molar-refractivity contribution >= 4 is 26.7 Å². The van der Waals surface area contributed by atoms with Crippen LogP contribution in [0, 0.1) is 0 Å². The monoisotopic (exact) mass is 512 g/mol. The van der Waals surface area contributed by atoms with Crippen LogP contribution in [0.4, 0.5) is 0 Å². The Morgan fingerprint density at radius 1 is 1.00 bits per heavy atom.